The molecular formula is C44H87O9P. The van der Waals surface area contributed by atoms with Crippen LogP contribution in [-0.2, 0) is 27.9 Å². The number of phosphoric acid groups is 1. The predicted octanol–water partition coefficient (Wildman–Crippen LogP) is 12.5. The molecule has 10 heteroatoms. The molecule has 0 aromatic rings. The van der Waals surface area contributed by atoms with Gasteiger partial charge in [0.05, 0.1) is 26.4 Å². The maximum absolute atomic E-state index is 12.6. The Morgan fingerprint density at radius 1 is 0.556 bits per heavy atom. The summed E-state index contributed by atoms with van der Waals surface area (Å²) in [6.45, 7) is 3.56. The molecule has 0 saturated carbocycles. The van der Waals surface area contributed by atoms with Crippen molar-refractivity contribution < 1.29 is 43.0 Å². The van der Waals surface area contributed by atoms with Crippen molar-refractivity contribution >= 4 is 13.8 Å². The van der Waals surface area contributed by atoms with Crippen molar-refractivity contribution in [3.8, 4) is 0 Å². The lowest BCUT2D eigenvalue weighted by molar-refractivity contribution is -0.154. The Kier molecular flexibility index (Phi) is 41.2. The maximum Gasteiger partial charge on any atom is 0.472 e. The number of rotatable bonds is 44. The molecule has 0 bridgehead atoms. The molecule has 0 fully saturated rings. The molecule has 9 nitrogen and oxygen atoms in total. The highest BCUT2D eigenvalue weighted by Gasteiger charge is 2.26. The van der Waals surface area contributed by atoms with Crippen molar-refractivity contribution in [1.29, 1.82) is 0 Å². The predicted molar refractivity (Wildman–Crippen MR) is 224 cm³/mol. The van der Waals surface area contributed by atoms with Gasteiger partial charge in [-0.2, -0.15) is 0 Å². The number of ether oxygens (including phenoxy) is 2. The number of allylic oxidation sites excluding steroid dienone is 2. The van der Waals surface area contributed by atoms with E-state index in [1.54, 1.807) is 0 Å². The van der Waals surface area contributed by atoms with Crippen molar-refractivity contribution in [1.82, 2.24) is 0 Å². The second-order valence-corrected chi connectivity index (χ2v) is 16.9. The summed E-state index contributed by atoms with van der Waals surface area (Å²) in [4.78, 5) is 22.6. The van der Waals surface area contributed by atoms with Gasteiger partial charge in [-0.15, -0.1) is 0 Å². The number of hydrogen-bond acceptors (Lipinski definition) is 8. The normalized spacial score (nSPS) is 14.1. The second-order valence-electron chi connectivity index (χ2n) is 15.4. The van der Waals surface area contributed by atoms with Crippen LogP contribution in [0.2, 0.25) is 0 Å². The van der Waals surface area contributed by atoms with E-state index in [0.717, 1.165) is 32.1 Å². The quantitative estimate of drug-likeness (QED) is 0.0239. The Bertz CT molecular complexity index is 856. The molecule has 0 spiro atoms. The number of carbonyl (C=O) groups excluding carboxylic acids is 1. The number of aliphatic hydroxyl groups excluding tert-OH is 2. The van der Waals surface area contributed by atoms with Gasteiger partial charge in [0.1, 0.15) is 12.2 Å². The van der Waals surface area contributed by atoms with Crippen LogP contribution < -0.4 is 0 Å². The van der Waals surface area contributed by atoms with Crippen molar-refractivity contribution in [2.45, 2.75) is 232 Å². The summed E-state index contributed by atoms with van der Waals surface area (Å²) >= 11 is 0. The van der Waals surface area contributed by atoms with Gasteiger partial charge < -0.3 is 24.6 Å². The van der Waals surface area contributed by atoms with E-state index in [9.17, 15) is 19.4 Å². The first-order valence-corrected chi connectivity index (χ1v) is 24.2. The van der Waals surface area contributed by atoms with E-state index >= 15 is 0 Å². The third-order valence-electron chi connectivity index (χ3n) is 9.95. The monoisotopic (exact) mass is 791 g/mol. The summed E-state index contributed by atoms with van der Waals surface area (Å²) in [6.07, 6.45) is 41.6. The molecule has 0 aromatic heterocycles. The first-order chi connectivity index (χ1) is 26.3. The molecule has 0 heterocycles. The van der Waals surface area contributed by atoms with E-state index in [1.165, 1.54) is 167 Å². The summed E-state index contributed by atoms with van der Waals surface area (Å²) < 4.78 is 33.4. The zero-order valence-electron chi connectivity index (χ0n) is 35.2. The van der Waals surface area contributed by atoms with E-state index in [-0.39, 0.29) is 25.6 Å². The number of hydrogen-bond donors (Lipinski definition) is 3. The van der Waals surface area contributed by atoms with Crippen LogP contribution in [0.1, 0.15) is 219 Å². The third kappa shape index (κ3) is 40.9. The van der Waals surface area contributed by atoms with E-state index in [4.69, 9.17) is 23.6 Å². The molecule has 54 heavy (non-hydrogen) atoms. The fraction of sp³-hybridized carbons (Fsp3) is 0.932. The zero-order valence-corrected chi connectivity index (χ0v) is 36.1. The SMILES string of the molecule is CCCCCCCC/C=C\CCCCCCCCCCCC(=O)OC(COCCCCCCCCCCCCCCCC)COP(=O)(O)OCC(O)CO. The van der Waals surface area contributed by atoms with E-state index in [0.29, 0.717) is 6.61 Å². The number of carbonyl (C=O) groups is 1. The van der Waals surface area contributed by atoms with Crippen LogP contribution in [0.25, 0.3) is 0 Å². The molecular weight excluding hydrogens is 703 g/mol. The molecule has 0 aliphatic rings. The Labute approximate surface area is 332 Å². The lowest BCUT2D eigenvalue weighted by Gasteiger charge is -2.20. The van der Waals surface area contributed by atoms with Crippen molar-refractivity contribution in [3.05, 3.63) is 12.2 Å². The van der Waals surface area contributed by atoms with Gasteiger partial charge in [0, 0.05) is 13.0 Å². The molecule has 0 aliphatic heterocycles. The second kappa shape index (κ2) is 41.8. The van der Waals surface area contributed by atoms with Crippen molar-refractivity contribution in [3.63, 3.8) is 0 Å². The fourth-order valence-corrected chi connectivity index (χ4v) is 7.26. The van der Waals surface area contributed by atoms with E-state index < -0.39 is 33.2 Å². The number of unbranched alkanes of at least 4 members (excludes halogenated alkanes) is 28. The van der Waals surface area contributed by atoms with Crippen molar-refractivity contribution in [2.75, 3.05) is 33.0 Å². The first-order valence-electron chi connectivity index (χ1n) is 22.7. The molecule has 322 valence electrons. The van der Waals surface area contributed by atoms with Crippen LogP contribution in [-0.4, -0.2) is 66.3 Å². The summed E-state index contributed by atoms with van der Waals surface area (Å²) in [5.41, 5.74) is 0. The summed E-state index contributed by atoms with van der Waals surface area (Å²) in [6, 6.07) is 0. The average molecular weight is 791 g/mol. The molecule has 0 aromatic carbocycles. The summed E-state index contributed by atoms with van der Waals surface area (Å²) in [7, 11) is -4.51. The standard InChI is InChI=1S/C44H87O9P/c1-3-5-7-9-11-13-15-17-19-20-21-22-23-24-26-28-30-32-34-36-44(47)53-43(41-52-54(48,49)51-39-42(46)38-45)40-50-37-35-33-31-29-27-25-18-16-14-12-10-8-6-4-2/h17,19,42-43,45-46H,3-16,18,20-41H2,1-2H3,(H,48,49)/b19-17-. The highest BCUT2D eigenvalue weighted by atomic mass is 31.2. The number of phosphoric ester groups is 1. The average Bonchev–Trinajstić information content (AvgIpc) is 3.16. The minimum absolute atomic E-state index is 0.0545. The van der Waals surface area contributed by atoms with Gasteiger partial charge in [-0.05, 0) is 38.5 Å². The molecule has 0 saturated heterocycles. The van der Waals surface area contributed by atoms with E-state index in [2.05, 4.69) is 26.0 Å². The Morgan fingerprint density at radius 2 is 0.944 bits per heavy atom. The first kappa shape index (κ1) is 53.2. The van der Waals surface area contributed by atoms with Gasteiger partial charge in [0.15, 0.2) is 0 Å². The van der Waals surface area contributed by atoms with Crippen molar-refractivity contribution in [2.24, 2.45) is 0 Å². The smallest absolute Gasteiger partial charge is 0.457 e. The van der Waals surface area contributed by atoms with Crippen LogP contribution in [0.5, 0.6) is 0 Å². The minimum atomic E-state index is -4.51. The molecule has 0 aliphatic carbocycles. The Morgan fingerprint density at radius 3 is 1.39 bits per heavy atom. The van der Waals surface area contributed by atoms with Crippen LogP contribution in [0, 0.1) is 0 Å². The van der Waals surface area contributed by atoms with E-state index in [1.807, 2.05) is 0 Å². The number of esters is 1. The van der Waals surface area contributed by atoms with Crippen LogP contribution in [0.3, 0.4) is 0 Å². The van der Waals surface area contributed by atoms with Gasteiger partial charge in [0.25, 0.3) is 0 Å². The lowest BCUT2D eigenvalue weighted by atomic mass is 10.0. The highest BCUT2D eigenvalue weighted by molar-refractivity contribution is 7.47. The van der Waals surface area contributed by atoms with Gasteiger partial charge in [0.2, 0.25) is 0 Å². The molecule has 3 atom stereocenters. The van der Waals surface area contributed by atoms with Gasteiger partial charge >= 0.3 is 13.8 Å². The lowest BCUT2D eigenvalue weighted by Crippen LogP contribution is -2.29. The molecule has 3 N–H and O–H groups in total. The third-order valence-corrected chi connectivity index (χ3v) is 10.9. The van der Waals surface area contributed by atoms with Crippen LogP contribution >= 0.6 is 7.82 Å². The molecule has 3 unspecified atom stereocenters. The largest absolute Gasteiger partial charge is 0.472 e. The molecule has 0 rings (SSSR count). The minimum Gasteiger partial charge on any atom is -0.457 e. The topological polar surface area (TPSA) is 132 Å². The maximum atomic E-state index is 12.6. The molecule has 0 radical (unpaired) electrons. The fourth-order valence-electron chi connectivity index (χ4n) is 6.47. The zero-order chi connectivity index (χ0) is 39.6. The summed E-state index contributed by atoms with van der Waals surface area (Å²) in [5, 5.41) is 18.3. The van der Waals surface area contributed by atoms with Crippen LogP contribution in [0.4, 0.5) is 0 Å². The van der Waals surface area contributed by atoms with Gasteiger partial charge in [-0.1, -0.05) is 187 Å². The Balaban J connectivity index is 4.10. The summed E-state index contributed by atoms with van der Waals surface area (Å²) in [5.74, 6) is -0.380. The van der Waals surface area contributed by atoms with Crippen LogP contribution in [0.15, 0.2) is 12.2 Å². The number of aliphatic hydroxyl groups is 2. The Hall–Kier alpha value is -0.800. The highest BCUT2D eigenvalue weighted by Crippen LogP contribution is 2.43. The van der Waals surface area contributed by atoms with Gasteiger partial charge in [-0.25, -0.2) is 4.57 Å². The van der Waals surface area contributed by atoms with Gasteiger partial charge in [-0.3, -0.25) is 13.8 Å². The molecule has 0 amide bonds.